The van der Waals surface area contributed by atoms with Crippen molar-refractivity contribution in [3.63, 3.8) is 0 Å². The van der Waals surface area contributed by atoms with Gasteiger partial charge in [-0.05, 0) is 25.9 Å². The summed E-state index contributed by atoms with van der Waals surface area (Å²) in [6, 6.07) is 0. The van der Waals surface area contributed by atoms with Gasteiger partial charge in [0.05, 0.1) is 10.7 Å². The summed E-state index contributed by atoms with van der Waals surface area (Å²) in [5.41, 5.74) is 1.12. The molecule has 0 aliphatic carbocycles. The molecule has 1 aliphatic heterocycles. The standard InChI is InChI=1S/C12H20N2S2/c15-9-11-10-16-12(13-11)5-8-14-6-3-1-2-4-7-14/h10,15H,1-9H2. The van der Waals surface area contributed by atoms with Gasteiger partial charge in [-0.3, -0.25) is 0 Å². The average molecular weight is 256 g/mol. The molecule has 16 heavy (non-hydrogen) atoms. The van der Waals surface area contributed by atoms with Gasteiger partial charge in [-0.1, -0.05) is 12.8 Å². The average Bonchev–Trinajstić information content (AvgIpc) is 2.61. The van der Waals surface area contributed by atoms with Crippen LogP contribution in [0.25, 0.3) is 0 Å². The molecule has 0 saturated carbocycles. The van der Waals surface area contributed by atoms with Gasteiger partial charge in [0.2, 0.25) is 0 Å². The van der Waals surface area contributed by atoms with E-state index in [1.807, 2.05) is 0 Å². The number of thiazole rings is 1. The maximum absolute atomic E-state index is 4.55. The van der Waals surface area contributed by atoms with Gasteiger partial charge in [0, 0.05) is 24.1 Å². The minimum Gasteiger partial charge on any atom is -0.303 e. The van der Waals surface area contributed by atoms with Gasteiger partial charge in [0.25, 0.3) is 0 Å². The highest BCUT2D eigenvalue weighted by atomic mass is 32.1. The van der Waals surface area contributed by atoms with Gasteiger partial charge in [0.15, 0.2) is 0 Å². The molecule has 1 fully saturated rings. The van der Waals surface area contributed by atoms with Crippen molar-refractivity contribution in [1.29, 1.82) is 0 Å². The van der Waals surface area contributed by atoms with Crippen LogP contribution in [0, 0.1) is 0 Å². The Kier molecular flexibility index (Phi) is 5.13. The molecule has 1 aliphatic rings. The van der Waals surface area contributed by atoms with E-state index in [1.165, 1.54) is 50.3 Å². The zero-order chi connectivity index (χ0) is 11.2. The Morgan fingerprint density at radius 2 is 2.00 bits per heavy atom. The molecule has 2 rings (SSSR count). The van der Waals surface area contributed by atoms with E-state index in [2.05, 4.69) is 27.9 Å². The molecule has 0 radical (unpaired) electrons. The maximum atomic E-state index is 4.55. The Morgan fingerprint density at radius 1 is 1.25 bits per heavy atom. The Labute approximate surface area is 107 Å². The fraction of sp³-hybridized carbons (Fsp3) is 0.750. The molecule has 2 heterocycles. The second-order valence-electron chi connectivity index (χ2n) is 4.40. The molecule has 1 aromatic rings. The number of nitrogens with zero attached hydrogens (tertiary/aromatic N) is 2. The summed E-state index contributed by atoms with van der Waals surface area (Å²) >= 11 is 6.02. The van der Waals surface area contributed by atoms with Crippen molar-refractivity contribution >= 4 is 24.0 Å². The predicted octanol–water partition coefficient (Wildman–Crippen LogP) is 2.99. The zero-order valence-electron chi connectivity index (χ0n) is 9.69. The van der Waals surface area contributed by atoms with Crippen LogP contribution in [-0.2, 0) is 12.2 Å². The van der Waals surface area contributed by atoms with E-state index in [4.69, 9.17) is 0 Å². The van der Waals surface area contributed by atoms with Crippen molar-refractivity contribution < 1.29 is 0 Å². The number of aromatic nitrogens is 1. The lowest BCUT2D eigenvalue weighted by Gasteiger charge is -2.18. The normalized spacial score (nSPS) is 18.6. The lowest BCUT2D eigenvalue weighted by Crippen LogP contribution is -2.26. The summed E-state index contributed by atoms with van der Waals surface area (Å²) in [4.78, 5) is 7.14. The first-order valence-corrected chi connectivity index (χ1v) is 7.66. The third-order valence-corrected chi connectivity index (χ3v) is 4.38. The summed E-state index contributed by atoms with van der Waals surface area (Å²) < 4.78 is 0. The minimum absolute atomic E-state index is 0.764. The summed E-state index contributed by atoms with van der Waals surface area (Å²) in [5.74, 6) is 0.764. The molecule has 0 aromatic carbocycles. The fourth-order valence-corrected chi connectivity index (χ4v) is 3.22. The van der Waals surface area contributed by atoms with Crippen LogP contribution in [-0.4, -0.2) is 29.5 Å². The summed E-state index contributed by atoms with van der Waals surface area (Å²) in [6.07, 6.45) is 6.69. The minimum atomic E-state index is 0.764. The lowest BCUT2D eigenvalue weighted by atomic mass is 10.2. The lowest BCUT2D eigenvalue weighted by molar-refractivity contribution is 0.288. The third-order valence-electron chi connectivity index (χ3n) is 3.10. The van der Waals surface area contributed by atoms with Crippen LogP contribution in [0.4, 0.5) is 0 Å². The highest BCUT2D eigenvalue weighted by molar-refractivity contribution is 7.79. The van der Waals surface area contributed by atoms with Gasteiger partial charge in [0.1, 0.15) is 0 Å². The summed E-state index contributed by atoms with van der Waals surface area (Å²) in [6.45, 7) is 3.75. The Bertz CT molecular complexity index is 304. The van der Waals surface area contributed by atoms with Crippen LogP contribution in [0.15, 0.2) is 5.38 Å². The van der Waals surface area contributed by atoms with E-state index in [0.29, 0.717) is 0 Å². The van der Waals surface area contributed by atoms with Gasteiger partial charge in [-0.25, -0.2) is 4.98 Å². The Hall–Kier alpha value is -0.0600. The molecule has 4 heteroatoms. The van der Waals surface area contributed by atoms with Gasteiger partial charge >= 0.3 is 0 Å². The second-order valence-corrected chi connectivity index (χ2v) is 5.66. The number of thiol groups is 1. The molecule has 0 spiro atoms. The Balaban J connectivity index is 1.77. The Morgan fingerprint density at radius 3 is 2.62 bits per heavy atom. The van der Waals surface area contributed by atoms with Gasteiger partial charge < -0.3 is 4.90 Å². The summed E-state index contributed by atoms with van der Waals surface area (Å²) in [5, 5.41) is 3.40. The van der Waals surface area contributed by atoms with Crippen LogP contribution in [0.5, 0.6) is 0 Å². The van der Waals surface area contributed by atoms with Crippen LogP contribution >= 0.6 is 24.0 Å². The number of likely N-dealkylation sites (tertiary alicyclic amines) is 1. The quantitative estimate of drug-likeness (QED) is 0.834. The molecular formula is C12H20N2S2. The molecule has 90 valence electrons. The van der Waals surface area contributed by atoms with Gasteiger partial charge in [-0.15, -0.1) is 11.3 Å². The first-order chi connectivity index (χ1) is 7.88. The highest BCUT2D eigenvalue weighted by Crippen LogP contribution is 2.14. The van der Waals surface area contributed by atoms with Crippen LogP contribution < -0.4 is 0 Å². The predicted molar refractivity (Wildman–Crippen MR) is 73.4 cm³/mol. The van der Waals surface area contributed by atoms with Crippen LogP contribution in [0.1, 0.15) is 36.4 Å². The van der Waals surface area contributed by atoms with Gasteiger partial charge in [-0.2, -0.15) is 12.6 Å². The van der Waals surface area contributed by atoms with E-state index in [9.17, 15) is 0 Å². The van der Waals surface area contributed by atoms with Crippen molar-refractivity contribution in [2.45, 2.75) is 37.9 Å². The first kappa shape index (κ1) is 12.4. The molecule has 0 atom stereocenters. The molecule has 1 saturated heterocycles. The molecule has 0 N–H and O–H groups in total. The van der Waals surface area contributed by atoms with E-state index in [-0.39, 0.29) is 0 Å². The maximum Gasteiger partial charge on any atom is 0.0941 e. The monoisotopic (exact) mass is 256 g/mol. The van der Waals surface area contributed by atoms with Crippen LogP contribution in [0.3, 0.4) is 0 Å². The molecule has 1 aromatic heterocycles. The number of rotatable bonds is 4. The smallest absolute Gasteiger partial charge is 0.0941 e. The van der Waals surface area contributed by atoms with Crippen molar-refractivity contribution in [2.24, 2.45) is 0 Å². The molecule has 0 amide bonds. The van der Waals surface area contributed by atoms with Crippen molar-refractivity contribution in [3.8, 4) is 0 Å². The number of hydrogen-bond donors (Lipinski definition) is 1. The van der Waals surface area contributed by atoms with E-state index in [0.717, 1.165) is 17.9 Å². The second kappa shape index (κ2) is 6.62. The van der Waals surface area contributed by atoms with E-state index in [1.54, 1.807) is 11.3 Å². The molecule has 0 bridgehead atoms. The van der Waals surface area contributed by atoms with Crippen molar-refractivity contribution in [3.05, 3.63) is 16.1 Å². The zero-order valence-corrected chi connectivity index (χ0v) is 11.4. The topological polar surface area (TPSA) is 16.1 Å². The highest BCUT2D eigenvalue weighted by Gasteiger charge is 2.09. The van der Waals surface area contributed by atoms with E-state index < -0.39 is 0 Å². The van der Waals surface area contributed by atoms with Crippen molar-refractivity contribution in [2.75, 3.05) is 19.6 Å². The van der Waals surface area contributed by atoms with Crippen LogP contribution in [0.2, 0.25) is 0 Å². The molecular weight excluding hydrogens is 236 g/mol. The first-order valence-electron chi connectivity index (χ1n) is 6.15. The molecule has 0 unspecified atom stereocenters. The SMILES string of the molecule is SCc1csc(CCN2CCCCCC2)n1. The summed E-state index contributed by atoms with van der Waals surface area (Å²) in [7, 11) is 0. The number of hydrogen-bond acceptors (Lipinski definition) is 4. The largest absolute Gasteiger partial charge is 0.303 e. The fourth-order valence-electron chi connectivity index (χ4n) is 2.15. The third kappa shape index (κ3) is 3.75. The van der Waals surface area contributed by atoms with E-state index >= 15 is 0 Å². The molecule has 2 nitrogen and oxygen atoms in total. The van der Waals surface area contributed by atoms with Crippen molar-refractivity contribution in [1.82, 2.24) is 9.88 Å².